The summed E-state index contributed by atoms with van der Waals surface area (Å²) in [6.07, 6.45) is 0.761. The molecule has 12 heteroatoms. The molecule has 3 amide bonds. The summed E-state index contributed by atoms with van der Waals surface area (Å²) < 4.78 is 5.49. The number of ether oxygens (including phenoxy) is 1. The van der Waals surface area contributed by atoms with E-state index in [1.54, 1.807) is 13.8 Å². The Labute approximate surface area is 219 Å². The Hall–Kier alpha value is -2.12. The molecule has 0 aromatic heterocycles. The van der Waals surface area contributed by atoms with E-state index in [9.17, 15) is 34.5 Å². The van der Waals surface area contributed by atoms with Gasteiger partial charge in [-0.05, 0) is 6.42 Å². The summed E-state index contributed by atoms with van der Waals surface area (Å²) in [4.78, 5) is 49.9. The third kappa shape index (κ3) is 11.0. The predicted molar refractivity (Wildman–Crippen MR) is 136 cm³/mol. The molecule has 0 aliphatic carbocycles. The highest BCUT2D eigenvalue weighted by atomic mass is 16.5. The van der Waals surface area contributed by atoms with E-state index in [2.05, 4.69) is 22.9 Å². The molecule has 1 heterocycles. The summed E-state index contributed by atoms with van der Waals surface area (Å²) in [6.45, 7) is 5.99. The van der Waals surface area contributed by atoms with Crippen LogP contribution in [0.1, 0.15) is 79.1 Å². The number of hydrogen-bond donors (Lipinski definition) is 7. The Morgan fingerprint density at radius 1 is 0.973 bits per heavy atom. The summed E-state index contributed by atoms with van der Waals surface area (Å²) in [6, 6.07) is -3.17. The third-order valence-electron chi connectivity index (χ3n) is 6.42. The number of aliphatic hydroxyl groups is 3. The quantitative estimate of drug-likeness (QED) is 0.125. The van der Waals surface area contributed by atoms with Gasteiger partial charge in [-0.3, -0.25) is 19.2 Å². The van der Waals surface area contributed by atoms with E-state index < -0.39 is 79.3 Å². The minimum Gasteiger partial charge on any atom is -0.394 e. The van der Waals surface area contributed by atoms with Gasteiger partial charge >= 0.3 is 0 Å². The van der Waals surface area contributed by atoms with Crippen molar-refractivity contribution in [1.29, 1.82) is 0 Å². The van der Waals surface area contributed by atoms with Crippen molar-refractivity contribution in [1.82, 2.24) is 16.0 Å². The number of Topliss-reactive ketones (excluding diaryl/α,β-unsaturated/α-hetero) is 1. The minimum absolute atomic E-state index is 0.359. The highest BCUT2D eigenvalue weighted by Gasteiger charge is 2.45. The van der Waals surface area contributed by atoms with E-state index in [0.717, 1.165) is 32.1 Å². The Bertz CT molecular complexity index is 750. The van der Waals surface area contributed by atoms with Crippen molar-refractivity contribution in [2.45, 2.75) is 122 Å². The number of nitrogens with one attached hydrogen (secondary N) is 3. The summed E-state index contributed by atoms with van der Waals surface area (Å²) in [5.41, 5.74) is 6.03. The normalized spacial score (nSPS) is 25.3. The zero-order chi connectivity index (χ0) is 28.1. The summed E-state index contributed by atoms with van der Waals surface area (Å²) in [5.74, 6) is -2.60. The monoisotopic (exact) mass is 530 g/mol. The molecule has 37 heavy (non-hydrogen) atoms. The molecule has 8 N–H and O–H groups in total. The van der Waals surface area contributed by atoms with Gasteiger partial charge in [-0.25, -0.2) is 0 Å². The van der Waals surface area contributed by atoms with Gasteiger partial charge in [0.2, 0.25) is 17.7 Å². The Morgan fingerprint density at radius 2 is 1.59 bits per heavy atom. The smallest absolute Gasteiger partial charge is 0.237 e. The van der Waals surface area contributed by atoms with Gasteiger partial charge in [0.25, 0.3) is 0 Å². The average Bonchev–Trinajstić information content (AvgIpc) is 2.84. The van der Waals surface area contributed by atoms with E-state index in [0.29, 0.717) is 6.42 Å². The molecule has 1 rings (SSSR count). The number of unbranched alkanes of at least 4 members (excludes halogenated alkanes) is 5. The van der Waals surface area contributed by atoms with Gasteiger partial charge in [-0.1, -0.05) is 59.3 Å². The van der Waals surface area contributed by atoms with Crippen LogP contribution in [-0.2, 0) is 23.9 Å². The minimum atomic E-state index is -1.53. The first-order valence-corrected chi connectivity index (χ1v) is 13.2. The van der Waals surface area contributed by atoms with Crippen molar-refractivity contribution < 1.29 is 39.2 Å². The number of ketones is 1. The third-order valence-corrected chi connectivity index (χ3v) is 6.42. The highest BCUT2D eigenvalue weighted by Crippen LogP contribution is 2.20. The van der Waals surface area contributed by atoms with Crippen LogP contribution in [-0.4, -0.2) is 88.1 Å². The number of nitrogens with two attached hydrogens (primary N) is 1. The number of aliphatic hydroxyl groups excluding tert-OH is 3. The van der Waals surface area contributed by atoms with Gasteiger partial charge < -0.3 is 41.7 Å². The Morgan fingerprint density at radius 3 is 2.16 bits per heavy atom. The van der Waals surface area contributed by atoms with Crippen LogP contribution in [0.3, 0.4) is 0 Å². The molecule has 214 valence electrons. The SMILES string of the molecule is CCCCCCCCC(N)C(=O)NC(CC(=O)N[C@@H]1OC(CO)[C@H](O)[C@H](O)C1NC(C)=O)C(=O)C(C)C. The number of amides is 3. The lowest BCUT2D eigenvalue weighted by Gasteiger charge is -2.42. The molecule has 12 nitrogen and oxygen atoms in total. The van der Waals surface area contributed by atoms with Gasteiger partial charge in [-0.2, -0.15) is 0 Å². The lowest BCUT2D eigenvalue weighted by molar-refractivity contribution is -0.203. The van der Waals surface area contributed by atoms with Crippen molar-refractivity contribution in [3.63, 3.8) is 0 Å². The zero-order valence-electron chi connectivity index (χ0n) is 22.4. The van der Waals surface area contributed by atoms with Crippen LogP contribution < -0.4 is 21.7 Å². The fourth-order valence-electron chi connectivity index (χ4n) is 4.22. The molecule has 1 saturated heterocycles. The summed E-state index contributed by atoms with van der Waals surface area (Å²) in [5, 5.41) is 37.4. The molecule has 0 saturated carbocycles. The van der Waals surface area contributed by atoms with Crippen LogP contribution in [0.5, 0.6) is 0 Å². The molecule has 1 fully saturated rings. The lowest BCUT2D eigenvalue weighted by atomic mass is 9.95. The maximum absolute atomic E-state index is 12.9. The first-order chi connectivity index (χ1) is 17.4. The van der Waals surface area contributed by atoms with Gasteiger partial charge in [0.1, 0.15) is 24.4 Å². The molecule has 0 aromatic rings. The van der Waals surface area contributed by atoms with Crippen LogP contribution in [0, 0.1) is 5.92 Å². The van der Waals surface area contributed by atoms with Crippen molar-refractivity contribution in [2.24, 2.45) is 11.7 Å². The van der Waals surface area contributed by atoms with E-state index in [1.807, 2.05) is 0 Å². The number of carbonyl (C=O) groups excluding carboxylic acids is 4. The molecular weight excluding hydrogens is 484 g/mol. The predicted octanol–water partition coefficient (Wildman–Crippen LogP) is -0.776. The molecular formula is C25H46N4O8. The standard InChI is InChI=1S/C25H46N4O8/c1-5-6-7-8-9-10-11-16(26)24(36)28-17(21(33)14(2)3)12-19(32)29-25-20(27-15(4)31)23(35)22(34)18(13-30)37-25/h14,16-18,20,22-23,25,30,34-35H,5-13,26H2,1-4H3,(H,27,31)(H,28,36)(H,29,32)/t16?,17?,18?,20?,22-,23+,25+/m0/s1. The van der Waals surface area contributed by atoms with Crippen LogP contribution >= 0.6 is 0 Å². The van der Waals surface area contributed by atoms with E-state index in [-0.39, 0.29) is 5.78 Å². The second kappa shape index (κ2) is 16.7. The van der Waals surface area contributed by atoms with Crippen molar-refractivity contribution >= 4 is 23.5 Å². The van der Waals surface area contributed by atoms with E-state index >= 15 is 0 Å². The first kappa shape index (κ1) is 32.9. The van der Waals surface area contributed by atoms with Gasteiger partial charge in [0, 0.05) is 12.8 Å². The van der Waals surface area contributed by atoms with Crippen LogP contribution in [0.4, 0.5) is 0 Å². The number of rotatable bonds is 16. The molecule has 7 atom stereocenters. The van der Waals surface area contributed by atoms with Crippen molar-refractivity contribution in [3.8, 4) is 0 Å². The van der Waals surface area contributed by atoms with E-state index in [1.165, 1.54) is 13.3 Å². The van der Waals surface area contributed by atoms with Gasteiger partial charge in [-0.15, -0.1) is 0 Å². The van der Waals surface area contributed by atoms with Gasteiger partial charge in [0.05, 0.1) is 25.1 Å². The molecule has 0 spiro atoms. The molecule has 1 aliphatic heterocycles. The average molecular weight is 531 g/mol. The maximum Gasteiger partial charge on any atom is 0.237 e. The second-order valence-electron chi connectivity index (χ2n) is 10.0. The Kier molecular flexibility index (Phi) is 14.8. The van der Waals surface area contributed by atoms with Crippen molar-refractivity contribution in [2.75, 3.05) is 6.61 Å². The van der Waals surface area contributed by atoms with Crippen LogP contribution in [0.25, 0.3) is 0 Å². The number of carbonyl (C=O) groups is 4. The van der Waals surface area contributed by atoms with Gasteiger partial charge in [0.15, 0.2) is 12.0 Å². The van der Waals surface area contributed by atoms with Crippen LogP contribution in [0.2, 0.25) is 0 Å². The fourth-order valence-corrected chi connectivity index (χ4v) is 4.22. The second-order valence-corrected chi connectivity index (χ2v) is 10.0. The fraction of sp³-hybridized carbons (Fsp3) is 0.840. The maximum atomic E-state index is 12.9. The molecule has 0 radical (unpaired) electrons. The first-order valence-electron chi connectivity index (χ1n) is 13.2. The summed E-state index contributed by atoms with van der Waals surface area (Å²) in [7, 11) is 0. The molecule has 4 unspecified atom stereocenters. The van der Waals surface area contributed by atoms with Crippen LogP contribution in [0.15, 0.2) is 0 Å². The van der Waals surface area contributed by atoms with Crippen molar-refractivity contribution in [3.05, 3.63) is 0 Å². The Balaban J connectivity index is 2.81. The van der Waals surface area contributed by atoms with E-state index in [4.69, 9.17) is 10.5 Å². The largest absolute Gasteiger partial charge is 0.394 e. The zero-order valence-corrected chi connectivity index (χ0v) is 22.4. The topological polar surface area (TPSA) is 200 Å². The highest BCUT2D eigenvalue weighted by molar-refractivity contribution is 5.95. The lowest BCUT2D eigenvalue weighted by Crippen LogP contribution is -2.68. The molecule has 0 bridgehead atoms. The summed E-state index contributed by atoms with van der Waals surface area (Å²) >= 11 is 0. The number of hydrogen-bond acceptors (Lipinski definition) is 9. The molecule has 0 aromatic carbocycles. The molecule has 1 aliphatic rings.